The van der Waals surface area contributed by atoms with E-state index in [2.05, 4.69) is 15.3 Å². The lowest BCUT2D eigenvalue weighted by Crippen LogP contribution is -2.30. The van der Waals surface area contributed by atoms with Crippen molar-refractivity contribution in [3.8, 4) is 5.75 Å². The van der Waals surface area contributed by atoms with Crippen LogP contribution in [0.1, 0.15) is 31.5 Å². The van der Waals surface area contributed by atoms with Crippen LogP contribution < -0.4 is 15.6 Å². The number of ether oxygens (including phenoxy) is 1. The number of aromatic amines is 1. The third-order valence-corrected chi connectivity index (χ3v) is 4.91. The zero-order chi connectivity index (χ0) is 16.5. The van der Waals surface area contributed by atoms with Gasteiger partial charge < -0.3 is 15.0 Å². The van der Waals surface area contributed by atoms with Gasteiger partial charge in [-0.1, -0.05) is 0 Å². The Labute approximate surface area is 139 Å². The number of hydrogen-bond donors (Lipinski definition) is 2. The maximum atomic E-state index is 14.3. The molecule has 1 aromatic heterocycles. The van der Waals surface area contributed by atoms with E-state index in [1.54, 1.807) is 6.07 Å². The van der Waals surface area contributed by atoms with Gasteiger partial charge in [0.2, 0.25) is 0 Å². The lowest BCUT2D eigenvalue weighted by Gasteiger charge is -2.22. The number of piperidine rings is 1. The van der Waals surface area contributed by atoms with E-state index in [0.29, 0.717) is 35.5 Å². The van der Waals surface area contributed by atoms with Crippen LogP contribution in [0.15, 0.2) is 16.9 Å². The molecule has 0 atom stereocenters. The van der Waals surface area contributed by atoms with E-state index < -0.39 is 11.4 Å². The van der Waals surface area contributed by atoms with E-state index in [4.69, 9.17) is 4.74 Å². The predicted octanol–water partition coefficient (Wildman–Crippen LogP) is 2.39. The Morgan fingerprint density at radius 1 is 1.17 bits per heavy atom. The third-order valence-electron chi connectivity index (χ3n) is 4.91. The standard InChI is InChI=1S/C18H22FN3O2/c19-14-8-13(24-10-12-3-5-20-6-4-12)9-15-17(14)18(23)22-16(21-15)7-11-1-2-11/h8-9,11-12,20H,1-7,10H2,(H,21,22,23). The number of aromatic nitrogens is 2. The topological polar surface area (TPSA) is 67.0 Å². The van der Waals surface area contributed by atoms with Gasteiger partial charge in [-0.2, -0.15) is 0 Å². The molecule has 1 aromatic carbocycles. The minimum absolute atomic E-state index is 0.0174. The van der Waals surface area contributed by atoms with E-state index in [-0.39, 0.29) is 5.39 Å². The van der Waals surface area contributed by atoms with Crippen LogP contribution in [0, 0.1) is 17.7 Å². The Bertz CT molecular complexity index is 795. The fourth-order valence-electron chi connectivity index (χ4n) is 3.29. The van der Waals surface area contributed by atoms with Crippen LogP contribution in [0.3, 0.4) is 0 Å². The highest BCUT2D eigenvalue weighted by Gasteiger charge is 2.23. The summed E-state index contributed by atoms with van der Waals surface area (Å²) in [6.45, 7) is 2.58. The molecule has 1 aliphatic carbocycles. The molecule has 6 heteroatoms. The van der Waals surface area contributed by atoms with Crippen molar-refractivity contribution < 1.29 is 9.13 Å². The average Bonchev–Trinajstić information content (AvgIpc) is 3.37. The first-order chi connectivity index (χ1) is 11.7. The molecular formula is C18H22FN3O2. The van der Waals surface area contributed by atoms with Crippen molar-refractivity contribution in [1.82, 2.24) is 15.3 Å². The molecule has 0 radical (unpaired) electrons. The predicted molar refractivity (Wildman–Crippen MR) is 89.8 cm³/mol. The second-order valence-electron chi connectivity index (χ2n) is 6.96. The number of fused-ring (bicyclic) bond motifs is 1. The second kappa shape index (κ2) is 6.51. The number of halogens is 1. The van der Waals surface area contributed by atoms with Crippen LogP contribution >= 0.6 is 0 Å². The van der Waals surface area contributed by atoms with Crippen molar-refractivity contribution >= 4 is 10.9 Å². The Morgan fingerprint density at radius 2 is 1.96 bits per heavy atom. The quantitative estimate of drug-likeness (QED) is 0.883. The van der Waals surface area contributed by atoms with E-state index >= 15 is 0 Å². The molecule has 5 nitrogen and oxygen atoms in total. The van der Waals surface area contributed by atoms with E-state index in [1.165, 1.54) is 18.9 Å². The van der Waals surface area contributed by atoms with Crippen LogP contribution in [0.25, 0.3) is 10.9 Å². The van der Waals surface area contributed by atoms with Crippen molar-refractivity contribution in [2.75, 3.05) is 19.7 Å². The van der Waals surface area contributed by atoms with Crippen molar-refractivity contribution in [1.29, 1.82) is 0 Å². The molecule has 2 heterocycles. The molecule has 0 bridgehead atoms. The van der Waals surface area contributed by atoms with Gasteiger partial charge >= 0.3 is 0 Å². The highest BCUT2D eigenvalue weighted by atomic mass is 19.1. The van der Waals surface area contributed by atoms with Gasteiger partial charge in [-0.25, -0.2) is 9.37 Å². The van der Waals surface area contributed by atoms with Gasteiger partial charge in [0.15, 0.2) is 0 Å². The minimum atomic E-state index is -0.570. The fourth-order valence-corrected chi connectivity index (χ4v) is 3.29. The van der Waals surface area contributed by atoms with E-state index in [1.807, 2.05) is 0 Å². The largest absolute Gasteiger partial charge is 0.493 e. The van der Waals surface area contributed by atoms with Gasteiger partial charge in [0.25, 0.3) is 5.56 Å². The van der Waals surface area contributed by atoms with Gasteiger partial charge in [-0.15, -0.1) is 0 Å². The Balaban J connectivity index is 1.58. The maximum absolute atomic E-state index is 14.3. The molecule has 0 amide bonds. The summed E-state index contributed by atoms with van der Waals surface area (Å²) in [7, 11) is 0. The van der Waals surface area contributed by atoms with Crippen molar-refractivity contribution in [2.45, 2.75) is 32.1 Å². The Kier molecular flexibility index (Phi) is 4.22. The average molecular weight is 331 g/mol. The van der Waals surface area contributed by atoms with Gasteiger partial charge in [-0.3, -0.25) is 4.79 Å². The number of benzene rings is 1. The molecule has 1 aliphatic heterocycles. The van der Waals surface area contributed by atoms with Gasteiger partial charge in [0.1, 0.15) is 22.8 Å². The normalized spacial score (nSPS) is 18.9. The Morgan fingerprint density at radius 3 is 2.71 bits per heavy atom. The third kappa shape index (κ3) is 3.43. The number of rotatable bonds is 5. The number of nitrogens with zero attached hydrogens (tertiary/aromatic N) is 1. The summed E-state index contributed by atoms with van der Waals surface area (Å²) >= 11 is 0. The highest BCUT2D eigenvalue weighted by Crippen LogP contribution is 2.32. The molecule has 0 unspecified atom stereocenters. The zero-order valence-corrected chi connectivity index (χ0v) is 13.6. The molecule has 128 valence electrons. The molecule has 0 spiro atoms. The molecule has 2 aliphatic rings. The first-order valence-corrected chi connectivity index (χ1v) is 8.75. The molecular weight excluding hydrogens is 309 g/mol. The van der Waals surface area contributed by atoms with Gasteiger partial charge in [0, 0.05) is 18.6 Å². The monoisotopic (exact) mass is 331 g/mol. The number of H-pyrrole nitrogens is 1. The molecule has 2 fully saturated rings. The summed E-state index contributed by atoms with van der Waals surface area (Å²) in [6.07, 6.45) is 5.25. The van der Waals surface area contributed by atoms with Crippen molar-refractivity contribution in [3.63, 3.8) is 0 Å². The summed E-state index contributed by atoms with van der Waals surface area (Å²) < 4.78 is 20.1. The maximum Gasteiger partial charge on any atom is 0.261 e. The van der Waals surface area contributed by atoms with Crippen LogP contribution in [0.4, 0.5) is 4.39 Å². The van der Waals surface area contributed by atoms with E-state index in [9.17, 15) is 9.18 Å². The highest BCUT2D eigenvalue weighted by molar-refractivity contribution is 5.79. The van der Waals surface area contributed by atoms with E-state index in [0.717, 1.165) is 32.4 Å². The van der Waals surface area contributed by atoms with Crippen LogP contribution in [-0.2, 0) is 6.42 Å². The van der Waals surface area contributed by atoms with Gasteiger partial charge in [0.05, 0.1) is 12.1 Å². The number of nitrogens with one attached hydrogen (secondary N) is 2. The van der Waals surface area contributed by atoms with Crippen LogP contribution in [0.2, 0.25) is 0 Å². The lowest BCUT2D eigenvalue weighted by molar-refractivity contribution is 0.215. The molecule has 24 heavy (non-hydrogen) atoms. The Hall–Kier alpha value is -1.95. The SMILES string of the molecule is O=c1[nH]c(CC2CC2)nc2cc(OCC3CCNCC3)cc(F)c12. The molecule has 4 rings (SSSR count). The molecule has 2 N–H and O–H groups in total. The second-order valence-corrected chi connectivity index (χ2v) is 6.96. The summed E-state index contributed by atoms with van der Waals surface area (Å²) in [5, 5.41) is 3.33. The summed E-state index contributed by atoms with van der Waals surface area (Å²) in [5.41, 5.74) is -0.0206. The first kappa shape index (κ1) is 15.6. The summed E-state index contributed by atoms with van der Waals surface area (Å²) in [5.74, 6) is 1.62. The zero-order valence-electron chi connectivity index (χ0n) is 13.6. The summed E-state index contributed by atoms with van der Waals surface area (Å²) in [6, 6.07) is 2.98. The van der Waals surface area contributed by atoms with Crippen molar-refractivity contribution in [3.05, 3.63) is 34.1 Å². The van der Waals surface area contributed by atoms with Crippen molar-refractivity contribution in [2.24, 2.45) is 11.8 Å². The van der Waals surface area contributed by atoms with Crippen LogP contribution in [0.5, 0.6) is 5.75 Å². The molecule has 1 saturated heterocycles. The van der Waals surface area contributed by atoms with Gasteiger partial charge in [-0.05, 0) is 50.6 Å². The molecule has 2 aromatic rings. The fraction of sp³-hybridized carbons (Fsp3) is 0.556. The van der Waals surface area contributed by atoms with Crippen LogP contribution in [-0.4, -0.2) is 29.7 Å². The summed E-state index contributed by atoms with van der Waals surface area (Å²) in [4.78, 5) is 19.3. The lowest BCUT2D eigenvalue weighted by atomic mass is 9.99. The minimum Gasteiger partial charge on any atom is -0.493 e. The molecule has 1 saturated carbocycles. The smallest absolute Gasteiger partial charge is 0.261 e. The first-order valence-electron chi connectivity index (χ1n) is 8.75. The number of hydrogen-bond acceptors (Lipinski definition) is 4.